The Bertz CT molecular complexity index is 1530. The number of anilines is 1. The standard InChI is InChI=1S/C25H31N7O3.CH4O3S/c1-26-25(11-13-30(2)3)15-22(35-5)20(14-23(25)32(33)34)29-24-27-12-10-19(28-24)18-16-31(4)21-9-7-6-8-17(18)21;1-5(2,3)4/h6-10,12,14-16,23,26H,11,13H2,1-5H3,(H,27,28,29);1H3,(H,2,3,4). The minimum absolute atomic E-state index is 0.274. The van der Waals surface area contributed by atoms with E-state index in [-0.39, 0.29) is 4.92 Å². The summed E-state index contributed by atoms with van der Waals surface area (Å²) in [6.45, 7) is 0.672. The van der Waals surface area contributed by atoms with Crippen molar-refractivity contribution in [2.45, 2.75) is 18.0 Å². The highest BCUT2D eigenvalue weighted by molar-refractivity contribution is 7.85. The summed E-state index contributed by atoms with van der Waals surface area (Å²) in [4.78, 5) is 22.9. The summed E-state index contributed by atoms with van der Waals surface area (Å²) in [5.74, 6) is 0.826. The first-order valence-electron chi connectivity index (χ1n) is 12.3. The van der Waals surface area contributed by atoms with E-state index in [9.17, 15) is 18.5 Å². The van der Waals surface area contributed by atoms with Crippen molar-refractivity contribution >= 4 is 27.0 Å². The van der Waals surface area contributed by atoms with Gasteiger partial charge in [-0.3, -0.25) is 14.7 Å². The Hall–Kier alpha value is -3.85. The Balaban J connectivity index is 0.000000810. The lowest BCUT2D eigenvalue weighted by Gasteiger charge is -2.36. The van der Waals surface area contributed by atoms with Crippen LogP contribution in [0.25, 0.3) is 22.2 Å². The number of hydrogen-bond acceptors (Lipinski definition) is 10. The maximum absolute atomic E-state index is 12.1. The third kappa shape index (κ3) is 7.41. The zero-order valence-corrected chi connectivity index (χ0v) is 24.1. The van der Waals surface area contributed by atoms with Crippen molar-refractivity contribution < 1.29 is 22.6 Å². The molecular weight excluding hydrogens is 538 g/mol. The summed E-state index contributed by atoms with van der Waals surface area (Å²) in [7, 11) is 5.50. The Kier molecular flexibility index (Phi) is 9.63. The Morgan fingerprint density at radius 3 is 2.55 bits per heavy atom. The summed E-state index contributed by atoms with van der Waals surface area (Å²) in [5.41, 5.74) is 2.40. The topological polar surface area (TPSA) is 165 Å². The molecule has 1 aromatic carbocycles. The summed E-state index contributed by atoms with van der Waals surface area (Å²) in [6.07, 6.45) is 8.33. The quantitative estimate of drug-likeness (QED) is 0.196. The molecule has 3 N–H and O–H groups in total. The van der Waals surface area contributed by atoms with Gasteiger partial charge in [0.1, 0.15) is 11.3 Å². The molecule has 14 heteroatoms. The third-order valence-corrected chi connectivity index (χ3v) is 6.47. The lowest BCUT2D eigenvalue weighted by Crippen LogP contribution is -2.57. The Labute approximate surface area is 233 Å². The van der Waals surface area contributed by atoms with Crippen molar-refractivity contribution in [3.8, 4) is 11.3 Å². The van der Waals surface area contributed by atoms with Gasteiger partial charge in [0.2, 0.25) is 5.95 Å². The second kappa shape index (κ2) is 12.6. The van der Waals surface area contributed by atoms with Gasteiger partial charge in [-0.2, -0.15) is 8.42 Å². The van der Waals surface area contributed by atoms with Gasteiger partial charge in [-0.25, -0.2) is 9.97 Å². The molecule has 3 aromatic rings. The van der Waals surface area contributed by atoms with Gasteiger partial charge in [0, 0.05) is 46.9 Å². The molecule has 0 amide bonds. The minimum Gasteiger partial charge on any atom is -0.495 e. The number of aryl methyl sites for hydroxylation is 1. The number of aromatic nitrogens is 3. The summed E-state index contributed by atoms with van der Waals surface area (Å²) >= 11 is 0. The SMILES string of the molecule is CNC1(CCN(C)C)C=C(OC)C(Nc2nccc(-c3cn(C)c4ccccc34)n2)=CC1[N+](=O)[O-].CS(=O)(=O)O. The van der Waals surface area contributed by atoms with Gasteiger partial charge in [-0.15, -0.1) is 0 Å². The van der Waals surface area contributed by atoms with E-state index in [0.717, 1.165) is 22.2 Å². The van der Waals surface area contributed by atoms with Crippen molar-refractivity contribution in [2.75, 3.05) is 46.4 Å². The second-order valence-corrected chi connectivity index (χ2v) is 11.1. The molecular formula is C26H35N7O6S. The first-order valence-corrected chi connectivity index (χ1v) is 14.2. The number of nitro groups is 1. The Morgan fingerprint density at radius 2 is 1.95 bits per heavy atom. The fourth-order valence-electron chi connectivity index (χ4n) is 4.52. The van der Waals surface area contributed by atoms with Crippen LogP contribution in [0.1, 0.15) is 6.42 Å². The van der Waals surface area contributed by atoms with Gasteiger partial charge in [0.05, 0.1) is 24.8 Å². The normalized spacial score (nSPS) is 18.9. The van der Waals surface area contributed by atoms with Crippen LogP contribution in [-0.4, -0.2) is 90.0 Å². The number of likely N-dealkylation sites (N-methyl/N-ethyl adjacent to an activating group) is 1. The van der Waals surface area contributed by atoms with Crippen LogP contribution in [0.15, 0.2) is 66.3 Å². The number of fused-ring (bicyclic) bond motifs is 1. The lowest BCUT2D eigenvalue weighted by atomic mass is 9.82. The van der Waals surface area contributed by atoms with E-state index in [1.54, 1.807) is 32.5 Å². The number of nitrogens with one attached hydrogen (secondary N) is 2. The number of rotatable bonds is 9. The molecule has 0 fully saturated rings. The van der Waals surface area contributed by atoms with E-state index < -0.39 is 21.7 Å². The van der Waals surface area contributed by atoms with Crippen LogP contribution in [0.3, 0.4) is 0 Å². The van der Waals surface area contributed by atoms with Gasteiger partial charge in [-0.05, 0) is 52.3 Å². The molecule has 0 radical (unpaired) electrons. The highest BCUT2D eigenvalue weighted by atomic mass is 32.2. The van der Waals surface area contributed by atoms with Crippen LogP contribution in [-0.2, 0) is 21.9 Å². The molecule has 40 heavy (non-hydrogen) atoms. The van der Waals surface area contributed by atoms with Gasteiger partial charge in [-0.1, -0.05) is 18.2 Å². The van der Waals surface area contributed by atoms with E-state index in [4.69, 9.17) is 14.3 Å². The van der Waals surface area contributed by atoms with Crippen LogP contribution in [0.4, 0.5) is 5.95 Å². The highest BCUT2D eigenvalue weighted by Gasteiger charge is 2.46. The van der Waals surface area contributed by atoms with E-state index >= 15 is 0 Å². The van der Waals surface area contributed by atoms with Gasteiger partial charge in [0.25, 0.3) is 16.2 Å². The average Bonchev–Trinajstić information content (AvgIpc) is 3.23. The maximum Gasteiger partial charge on any atom is 0.261 e. The molecule has 0 saturated carbocycles. The van der Waals surface area contributed by atoms with Gasteiger partial charge >= 0.3 is 0 Å². The van der Waals surface area contributed by atoms with Gasteiger partial charge in [0.15, 0.2) is 0 Å². The Morgan fingerprint density at radius 1 is 1.27 bits per heavy atom. The van der Waals surface area contributed by atoms with Crippen LogP contribution in [0.5, 0.6) is 0 Å². The molecule has 2 aromatic heterocycles. The fourth-order valence-corrected chi connectivity index (χ4v) is 4.52. The molecule has 4 rings (SSSR count). The second-order valence-electron chi connectivity index (χ2n) is 9.66. The van der Waals surface area contributed by atoms with Crippen molar-refractivity contribution in [3.63, 3.8) is 0 Å². The minimum atomic E-state index is -3.67. The van der Waals surface area contributed by atoms with Crippen LogP contribution >= 0.6 is 0 Å². The first-order chi connectivity index (χ1) is 18.8. The predicted molar refractivity (Wildman–Crippen MR) is 154 cm³/mol. The number of para-hydroxylation sites is 1. The van der Waals surface area contributed by atoms with Crippen LogP contribution in [0.2, 0.25) is 0 Å². The number of nitrogens with zero attached hydrogens (tertiary/aromatic N) is 5. The fraction of sp³-hybridized carbons (Fsp3) is 0.385. The van der Waals surface area contributed by atoms with Crippen LogP contribution < -0.4 is 10.6 Å². The zero-order valence-electron chi connectivity index (χ0n) is 23.3. The zero-order chi connectivity index (χ0) is 29.7. The van der Waals surface area contributed by atoms with Crippen molar-refractivity contribution in [3.05, 3.63) is 76.4 Å². The highest BCUT2D eigenvalue weighted by Crippen LogP contribution is 2.33. The van der Waals surface area contributed by atoms with E-state index in [2.05, 4.69) is 32.3 Å². The average molecular weight is 574 g/mol. The van der Waals surface area contributed by atoms with Gasteiger partial charge < -0.3 is 24.8 Å². The molecule has 2 atom stereocenters. The monoisotopic (exact) mass is 573 g/mol. The lowest BCUT2D eigenvalue weighted by molar-refractivity contribution is -0.519. The molecule has 2 unspecified atom stereocenters. The van der Waals surface area contributed by atoms with Crippen molar-refractivity contribution in [2.24, 2.45) is 7.05 Å². The van der Waals surface area contributed by atoms with Crippen molar-refractivity contribution in [1.29, 1.82) is 0 Å². The number of hydrogen-bond donors (Lipinski definition) is 3. The van der Waals surface area contributed by atoms with E-state index in [0.29, 0.717) is 36.6 Å². The van der Waals surface area contributed by atoms with Crippen LogP contribution in [0, 0.1) is 10.1 Å². The van der Waals surface area contributed by atoms with E-state index in [1.165, 1.54) is 0 Å². The molecule has 0 bridgehead atoms. The molecule has 216 valence electrons. The number of ether oxygens (including phenoxy) is 1. The molecule has 1 aliphatic carbocycles. The molecule has 2 heterocycles. The molecule has 0 saturated heterocycles. The predicted octanol–water partition coefficient (Wildman–Crippen LogP) is 2.53. The largest absolute Gasteiger partial charge is 0.495 e. The smallest absolute Gasteiger partial charge is 0.261 e. The van der Waals surface area contributed by atoms with E-state index in [1.807, 2.05) is 50.4 Å². The summed E-state index contributed by atoms with van der Waals surface area (Å²) in [6, 6.07) is 8.96. The molecule has 13 nitrogen and oxygen atoms in total. The third-order valence-electron chi connectivity index (χ3n) is 6.47. The molecule has 0 aliphatic heterocycles. The first kappa shape index (κ1) is 30.7. The maximum atomic E-state index is 12.1. The van der Waals surface area contributed by atoms with Crippen molar-refractivity contribution in [1.82, 2.24) is 24.8 Å². The molecule has 1 aliphatic rings. The molecule has 0 spiro atoms. The summed E-state index contributed by atoms with van der Waals surface area (Å²) in [5, 5.41) is 19.5. The summed E-state index contributed by atoms with van der Waals surface area (Å²) < 4.78 is 33.6. The number of benzene rings is 1. The number of methoxy groups -OCH3 is 1.